The van der Waals surface area contributed by atoms with Gasteiger partial charge in [0.05, 0.1) is 17.2 Å². The summed E-state index contributed by atoms with van der Waals surface area (Å²) in [5, 5.41) is 0.269. The Kier molecular flexibility index (Phi) is 4.29. The molecule has 0 atom stereocenters. The smallest absolute Gasteiger partial charge is 0.242 e. The second kappa shape index (κ2) is 5.51. The van der Waals surface area contributed by atoms with Crippen molar-refractivity contribution in [2.24, 2.45) is 0 Å². The molecule has 1 heterocycles. The maximum atomic E-state index is 12.2. The van der Waals surface area contributed by atoms with Crippen LogP contribution in [0.3, 0.4) is 0 Å². The summed E-state index contributed by atoms with van der Waals surface area (Å²) in [6, 6.07) is 3.80. The molecule has 0 saturated carbocycles. The molecular formula is C11H15ClN2O4S2. The first-order valence-electron chi connectivity index (χ1n) is 5.97. The first kappa shape index (κ1) is 15.6. The van der Waals surface area contributed by atoms with E-state index in [-0.39, 0.29) is 40.0 Å². The molecule has 0 amide bonds. The minimum Gasteiger partial charge on any atom is -0.398 e. The van der Waals surface area contributed by atoms with Gasteiger partial charge in [-0.3, -0.25) is 0 Å². The Bertz CT molecular complexity index is 702. The highest BCUT2D eigenvalue weighted by Gasteiger charge is 2.28. The van der Waals surface area contributed by atoms with E-state index < -0.39 is 25.9 Å². The summed E-state index contributed by atoms with van der Waals surface area (Å²) in [7, 11) is -6.84. The van der Waals surface area contributed by atoms with Crippen LogP contribution in [0.2, 0.25) is 5.02 Å². The van der Waals surface area contributed by atoms with Gasteiger partial charge in [-0.05, 0) is 31.0 Å². The molecule has 0 unspecified atom stereocenters. The van der Waals surface area contributed by atoms with Crippen LogP contribution in [0.15, 0.2) is 23.1 Å². The van der Waals surface area contributed by atoms with E-state index in [9.17, 15) is 16.8 Å². The van der Waals surface area contributed by atoms with Gasteiger partial charge in [-0.1, -0.05) is 11.6 Å². The third kappa shape index (κ3) is 3.63. The van der Waals surface area contributed by atoms with Crippen LogP contribution >= 0.6 is 11.6 Å². The third-order valence-corrected chi connectivity index (χ3v) is 6.67. The molecular weight excluding hydrogens is 324 g/mol. The van der Waals surface area contributed by atoms with Crippen LogP contribution in [-0.4, -0.2) is 34.4 Å². The summed E-state index contributed by atoms with van der Waals surface area (Å²) >= 11 is 5.78. The molecule has 0 aromatic heterocycles. The van der Waals surface area contributed by atoms with Crippen LogP contribution in [0.25, 0.3) is 0 Å². The van der Waals surface area contributed by atoms with Gasteiger partial charge in [-0.15, -0.1) is 0 Å². The number of sulfonamides is 1. The minimum atomic E-state index is -3.80. The summed E-state index contributed by atoms with van der Waals surface area (Å²) in [5.41, 5.74) is 5.75. The van der Waals surface area contributed by atoms with E-state index in [2.05, 4.69) is 4.72 Å². The minimum absolute atomic E-state index is 0.00872. The molecule has 9 heteroatoms. The highest BCUT2D eigenvalue weighted by molar-refractivity contribution is 7.91. The van der Waals surface area contributed by atoms with Gasteiger partial charge in [-0.2, -0.15) is 0 Å². The monoisotopic (exact) mass is 338 g/mol. The molecule has 0 bridgehead atoms. The van der Waals surface area contributed by atoms with Gasteiger partial charge < -0.3 is 5.73 Å². The van der Waals surface area contributed by atoms with Crippen molar-refractivity contribution in [3.05, 3.63) is 23.2 Å². The Hall–Kier alpha value is -0.830. The fraction of sp³-hybridized carbons (Fsp3) is 0.455. The molecule has 3 N–H and O–H groups in total. The quantitative estimate of drug-likeness (QED) is 0.792. The Labute approximate surface area is 123 Å². The number of rotatable bonds is 3. The molecule has 0 radical (unpaired) electrons. The van der Waals surface area contributed by atoms with Crippen LogP contribution in [0.5, 0.6) is 0 Å². The molecule has 20 heavy (non-hydrogen) atoms. The van der Waals surface area contributed by atoms with Crippen molar-refractivity contribution in [1.82, 2.24) is 4.72 Å². The number of nitrogen functional groups attached to an aromatic ring is 1. The number of sulfone groups is 1. The lowest BCUT2D eigenvalue weighted by atomic mass is 10.2. The maximum absolute atomic E-state index is 12.2. The second-order valence-corrected chi connectivity index (χ2v) is 9.15. The lowest BCUT2D eigenvalue weighted by Crippen LogP contribution is -2.40. The maximum Gasteiger partial charge on any atom is 0.242 e. The van der Waals surface area contributed by atoms with E-state index in [0.29, 0.717) is 0 Å². The topological polar surface area (TPSA) is 106 Å². The van der Waals surface area contributed by atoms with E-state index in [4.69, 9.17) is 17.3 Å². The number of nitrogens with two attached hydrogens (primary N) is 1. The van der Waals surface area contributed by atoms with E-state index in [1.807, 2.05) is 0 Å². The second-order valence-electron chi connectivity index (χ2n) is 4.73. The van der Waals surface area contributed by atoms with Crippen LogP contribution in [0.1, 0.15) is 12.8 Å². The van der Waals surface area contributed by atoms with E-state index in [1.165, 1.54) is 18.2 Å². The van der Waals surface area contributed by atoms with Crippen molar-refractivity contribution >= 4 is 37.1 Å². The summed E-state index contributed by atoms with van der Waals surface area (Å²) in [6.07, 6.45) is 0.532. The van der Waals surface area contributed by atoms with Gasteiger partial charge in [0.1, 0.15) is 14.7 Å². The number of halogens is 1. The third-order valence-electron chi connectivity index (χ3n) is 3.14. The SMILES string of the molecule is Nc1ccc(Cl)cc1S(=O)(=O)NC1CCS(=O)(=O)CC1. The molecule has 1 aliphatic heterocycles. The Morgan fingerprint density at radius 3 is 2.45 bits per heavy atom. The first-order valence-corrected chi connectivity index (χ1v) is 9.66. The Balaban J connectivity index is 2.18. The van der Waals surface area contributed by atoms with Gasteiger partial charge in [0.15, 0.2) is 0 Å². The number of hydrogen-bond acceptors (Lipinski definition) is 5. The zero-order chi connectivity index (χ0) is 15.0. The Morgan fingerprint density at radius 1 is 1.25 bits per heavy atom. The first-order chi connectivity index (χ1) is 9.20. The number of anilines is 1. The van der Waals surface area contributed by atoms with Crippen molar-refractivity contribution in [3.63, 3.8) is 0 Å². The molecule has 1 saturated heterocycles. The molecule has 1 aromatic carbocycles. The average Bonchev–Trinajstić information content (AvgIpc) is 2.35. The average molecular weight is 339 g/mol. The molecule has 1 fully saturated rings. The summed E-state index contributed by atoms with van der Waals surface area (Å²) in [4.78, 5) is -0.0848. The molecule has 6 nitrogen and oxygen atoms in total. The fourth-order valence-electron chi connectivity index (χ4n) is 2.03. The number of hydrogen-bond donors (Lipinski definition) is 2. The molecule has 1 aromatic rings. The summed E-state index contributed by atoms with van der Waals surface area (Å²) in [6.45, 7) is 0. The summed E-state index contributed by atoms with van der Waals surface area (Å²) in [5.74, 6) is -0.0174. The fourth-order valence-corrected chi connectivity index (χ4v) is 5.22. The lowest BCUT2D eigenvalue weighted by Gasteiger charge is -2.23. The number of nitrogens with one attached hydrogen (secondary N) is 1. The molecule has 0 aliphatic carbocycles. The predicted octanol–water partition coefficient (Wildman–Crippen LogP) is 0.778. The van der Waals surface area contributed by atoms with Crippen LogP contribution in [-0.2, 0) is 19.9 Å². The van der Waals surface area contributed by atoms with E-state index >= 15 is 0 Å². The number of benzene rings is 1. The molecule has 112 valence electrons. The zero-order valence-electron chi connectivity index (χ0n) is 10.5. The lowest BCUT2D eigenvalue weighted by molar-refractivity contribution is 0.505. The highest BCUT2D eigenvalue weighted by Crippen LogP contribution is 2.24. The van der Waals surface area contributed by atoms with Crippen molar-refractivity contribution in [3.8, 4) is 0 Å². The van der Waals surface area contributed by atoms with Gasteiger partial charge in [0, 0.05) is 11.1 Å². The van der Waals surface area contributed by atoms with Crippen molar-refractivity contribution in [1.29, 1.82) is 0 Å². The van der Waals surface area contributed by atoms with Crippen molar-refractivity contribution < 1.29 is 16.8 Å². The van der Waals surface area contributed by atoms with E-state index in [0.717, 1.165) is 0 Å². The van der Waals surface area contributed by atoms with Gasteiger partial charge >= 0.3 is 0 Å². The van der Waals surface area contributed by atoms with E-state index in [1.54, 1.807) is 0 Å². The standard InChI is InChI=1S/C11H15ClN2O4S2/c12-8-1-2-10(13)11(7-8)20(17,18)14-9-3-5-19(15,16)6-4-9/h1-2,7,9,14H,3-6,13H2. The largest absolute Gasteiger partial charge is 0.398 e. The van der Waals surface area contributed by atoms with Gasteiger partial charge in [-0.25, -0.2) is 21.6 Å². The van der Waals surface area contributed by atoms with Crippen molar-refractivity contribution in [2.75, 3.05) is 17.2 Å². The molecule has 2 rings (SSSR count). The predicted molar refractivity (Wildman–Crippen MR) is 77.9 cm³/mol. The van der Waals surface area contributed by atoms with Crippen LogP contribution in [0.4, 0.5) is 5.69 Å². The van der Waals surface area contributed by atoms with Gasteiger partial charge in [0.25, 0.3) is 0 Å². The summed E-state index contributed by atoms with van der Waals surface area (Å²) < 4.78 is 49.6. The van der Waals surface area contributed by atoms with Crippen LogP contribution in [0, 0.1) is 0 Å². The van der Waals surface area contributed by atoms with Crippen LogP contribution < -0.4 is 10.5 Å². The van der Waals surface area contributed by atoms with Gasteiger partial charge in [0.2, 0.25) is 10.0 Å². The normalized spacial score (nSPS) is 19.9. The molecule has 1 aliphatic rings. The Morgan fingerprint density at radius 2 is 1.85 bits per heavy atom. The molecule has 0 spiro atoms. The zero-order valence-corrected chi connectivity index (χ0v) is 12.9. The highest BCUT2D eigenvalue weighted by atomic mass is 35.5. The van der Waals surface area contributed by atoms with Crippen molar-refractivity contribution in [2.45, 2.75) is 23.8 Å².